The first kappa shape index (κ1) is 25.1. The van der Waals surface area contributed by atoms with Gasteiger partial charge in [-0.2, -0.15) is 4.31 Å². The fourth-order valence-corrected chi connectivity index (χ4v) is 5.94. The molecule has 1 aliphatic heterocycles. The maximum atomic E-state index is 13.2. The summed E-state index contributed by atoms with van der Waals surface area (Å²) in [7, 11) is -3.73. The molecule has 0 radical (unpaired) electrons. The number of aromatic hydroxyl groups is 1. The molecule has 0 unspecified atom stereocenters. The number of nitrogens with one attached hydrogen (secondary N) is 2. The minimum atomic E-state index is -3.73. The summed E-state index contributed by atoms with van der Waals surface area (Å²) in [5.41, 5.74) is 0.715. The van der Waals surface area contributed by atoms with Crippen LogP contribution in [0.2, 0.25) is 5.02 Å². The number of H-pyrrole nitrogens is 2. The van der Waals surface area contributed by atoms with Gasteiger partial charge >= 0.3 is 5.69 Å². The molecular formula is C24H25ClN6O5S. The van der Waals surface area contributed by atoms with Gasteiger partial charge in [0.1, 0.15) is 17.1 Å². The van der Waals surface area contributed by atoms with Gasteiger partial charge in [-0.05, 0) is 42.8 Å². The Bertz CT molecular complexity index is 1690. The number of fused-ring (bicyclic) bond motifs is 1. The topological polar surface area (TPSA) is 144 Å². The third kappa shape index (κ3) is 4.63. The van der Waals surface area contributed by atoms with E-state index in [9.17, 15) is 23.1 Å². The number of aromatic nitrogens is 4. The maximum Gasteiger partial charge on any atom is 0.330 e. The van der Waals surface area contributed by atoms with Gasteiger partial charge in [-0.15, -0.1) is 0 Å². The van der Waals surface area contributed by atoms with Crippen molar-refractivity contribution in [1.82, 2.24) is 23.8 Å². The largest absolute Gasteiger partial charge is 0.506 e. The zero-order valence-electron chi connectivity index (χ0n) is 19.9. The molecule has 0 atom stereocenters. The normalized spacial score (nSPS) is 14.9. The van der Waals surface area contributed by atoms with E-state index in [4.69, 9.17) is 11.6 Å². The summed E-state index contributed by atoms with van der Waals surface area (Å²) in [5, 5.41) is 10.1. The lowest BCUT2D eigenvalue weighted by molar-refractivity contribution is 0.384. The van der Waals surface area contributed by atoms with Crippen molar-refractivity contribution >= 4 is 38.5 Å². The lowest BCUT2D eigenvalue weighted by Gasteiger charge is -2.35. The highest BCUT2D eigenvalue weighted by Gasteiger charge is 2.29. The maximum absolute atomic E-state index is 13.2. The minimum absolute atomic E-state index is 0.0169. The Morgan fingerprint density at radius 1 is 1.03 bits per heavy atom. The van der Waals surface area contributed by atoms with Crippen molar-refractivity contribution in [3.63, 3.8) is 0 Å². The fourth-order valence-electron chi connectivity index (χ4n) is 4.40. The minimum Gasteiger partial charge on any atom is -0.506 e. The summed E-state index contributed by atoms with van der Waals surface area (Å²) in [6.45, 7) is 3.66. The number of anilines is 1. The van der Waals surface area contributed by atoms with E-state index in [1.807, 2.05) is 11.8 Å². The number of aromatic amines is 2. The van der Waals surface area contributed by atoms with Crippen molar-refractivity contribution in [2.45, 2.75) is 24.8 Å². The molecule has 2 aromatic carbocycles. The Kier molecular flexibility index (Phi) is 6.56. The fraction of sp³-hybridized carbons (Fsp3) is 0.292. The van der Waals surface area contributed by atoms with Crippen LogP contribution in [-0.4, -0.2) is 63.5 Å². The number of phenols is 1. The predicted octanol–water partition coefficient (Wildman–Crippen LogP) is 2.36. The van der Waals surface area contributed by atoms with Crippen LogP contribution in [0.3, 0.4) is 0 Å². The lowest BCUT2D eigenvalue weighted by Crippen LogP contribution is -2.48. The Labute approximate surface area is 217 Å². The van der Waals surface area contributed by atoms with Gasteiger partial charge in [-0.3, -0.25) is 14.3 Å². The third-order valence-electron chi connectivity index (χ3n) is 6.38. The van der Waals surface area contributed by atoms with Crippen LogP contribution in [0.1, 0.15) is 13.3 Å². The van der Waals surface area contributed by atoms with Crippen molar-refractivity contribution in [3.05, 3.63) is 68.3 Å². The van der Waals surface area contributed by atoms with Crippen LogP contribution in [0.5, 0.6) is 5.75 Å². The average Bonchev–Trinajstić information content (AvgIpc) is 3.32. The van der Waals surface area contributed by atoms with Gasteiger partial charge in [-0.1, -0.05) is 18.5 Å². The Morgan fingerprint density at radius 2 is 1.73 bits per heavy atom. The first-order valence-corrected chi connectivity index (χ1v) is 13.6. The van der Waals surface area contributed by atoms with E-state index in [1.165, 1.54) is 16.4 Å². The SMILES string of the molecule is CCCn1c(=O)[nH]c2nc(-c3ccc(S(=O)(=O)N4CCN(c5ccc(Cl)c(O)c5)CC4)cc3)[nH]c2c1=O. The molecule has 1 aliphatic rings. The number of piperazine rings is 1. The Morgan fingerprint density at radius 3 is 2.38 bits per heavy atom. The zero-order chi connectivity index (χ0) is 26.3. The molecule has 0 bridgehead atoms. The van der Waals surface area contributed by atoms with E-state index in [1.54, 1.807) is 30.3 Å². The van der Waals surface area contributed by atoms with Gasteiger partial charge < -0.3 is 15.0 Å². The van der Waals surface area contributed by atoms with Gasteiger partial charge in [0.2, 0.25) is 10.0 Å². The smallest absolute Gasteiger partial charge is 0.330 e. The second kappa shape index (κ2) is 9.69. The molecule has 0 spiro atoms. The number of rotatable bonds is 6. The number of hydrogen-bond donors (Lipinski definition) is 3. The van der Waals surface area contributed by atoms with Gasteiger partial charge in [0.25, 0.3) is 5.56 Å². The molecule has 1 fully saturated rings. The number of sulfonamides is 1. The van der Waals surface area contributed by atoms with Crippen molar-refractivity contribution in [3.8, 4) is 17.1 Å². The van der Waals surface area contributed by atoms with E-state index in [0.717, 1.165) is 10.3 Å². The molecule has 37 heavy (non-hydrogen) atoms. The Hall–Kier alpha value is -3.61. The predicted molar refractivity (Wildman–Crippen MR) is 141 cm³/mol. The first-order valence-electron chi connectivity index (χ1n) is 11.8. The quantitative estimate of drug-likeness (QED) is 0.338. The molecule has 11 nitrogen and oxygen atoms in total. The number of nitrogens with zero attached hydrogens (tertiary/aromatic N) is 4. The summed E-state index contributed by atoms with van der Waals surface area (Å²) >= 11 is 5.88. The second-order valence-electron chi connectivity index (χ2n) is 8.75. The second-order valence-corrected chi connectivity index (χ2v) is 11.1. The summed E-state index contributed by atoms with van der Waals surface area (Å²) < 4.78 is 29.0. The van der Waals surface area contributed by atoms with E-state index < -0.39 is 21.3 Å². The van der Waals surface area contributed by atoms with Gasteiger partial charge in [-0.25, -0.2) is 18.2 Å². The van der Waals surface area contributed by atoms with Crippen LogP contribution in [-0.2, 0) is 16.6 Å². The van der Waals surface area contributed by atoms with Crippen LogP contribution in [0.25, 0.3) is 22.6 Å². The number of halogens is 1. The molecule has 5 rings (SSSR count). The number of phenolic OH excluding ortho intramolecular Hbond substituents is 1. The highest BCUT2D eigenvalue weighted by molar-refractivity contribution is 7.89. The molecule has 3 heterocycles. The van der Waals surface area contributed by atoms with Crippen molar-refractivity contribution in [1.29, 1.82) is 0 Å². The molecule has 194 valence electrons. The van der Waals surface area contributed by atoms with Crippen molar-refractivity contribution < 1.29 is 13.5 Å². The standard InChI is InChI=1S/C24H25ClN6O5S/c1-2-9-31-23(33)20-22(28-24(31)34)27-21(26-20)15-3-6-17(7-4-15)37(35,36)30-12-10-29(11-13-30)16-5-8-18(25)19(32)14-16/h3-8,14,32H,2,9-13H2,1H3,(H,26,27)(H,28,34). The number of imidazole rings is 1. The first-order chi connectivity index (χ1) is 17.7. The van der Waals surface area contributed by atoms with Crippen molar-refractivity contribution in [2.75, 3.05) is 31.1 Å². The van der Waals surface area contributed by atoms with Crippen LogP contribution in [0.15, 0.2) is 56.9 Å². The summed E-state index contributed by atoms with van der Waals surface area (Å²) in [4.78, 5) is 36.9. The molecule has 0 amide bonds. The molecule has 0 saturated carbocycles. The molecule has 4 aromatic rings. The molecule has 2 aromatic heterocycles. The molecule has 3 N–H and O–H groups in total. The van der Waals surface area contributed by atoms with Crippen LogP contribution < -0.4 is 16.1 Å². The van der Waals surface area contributed by atoms with Gasteiger partial charge in [0, 0.05) is 50.0 Å². The highest BCUT2D eigenvalue weighted by atomic mass is 35.5. The number of benzene rings is 2. The number of hydrogen-bond acceptors (Lipinski definition) is 7. The highest BCUT2D eigenvalue weighted by Crippen LogP contribution is 2.30. The molecule has 1 saturated heterocycles. The third-order valence-corrected chi connectivity index (χ3v) is 8.61. The lowest BCUT2D eigenvalue weighted by atomic mass is 10.2. The monoisotopic (exact) mass is 544 g/mol. The van der Waals surface area contributed by atoms with E-state index in [-0.39, 0.29) is 39.9 Å². The van der Waals surface area contributed by atoms with Crippen LogP contribution in [0.4, 0.5) is 5.69 Å². The Balaban J connectivity index is 1.34. The van der Waals surface area contributed by atoms with Crippen molar-refractivity contribution in [2.24, 2.45) is 0 Å². The van der Waals surface area contributed by atoms with Gasteiger partial charge in [0.05, 0.1) is 9.92 Å². The van der Waals surface area contributed by atoms with Gasteiger partial charge in [0.15, 0.2) is 5.65 Å². The van der Waals surface area contributed by atoms with Crippen LogP contribution >= 0.6 is 11.6 Å². The molecule has 13 heteroatoms. The summed E-state index contributed by atoms with van der Waals surface area (Å²) in [6, 6.07) is 11.2. The summed E-state index contributed by atoms with van der Waals surface area (Å²) in [6.07, 6.45) is 0.630. The zero-order valence-corrected chi connectivity index (χ0v) is 21.5. The summed E-state index contributed by atoms with van der Waals surface area (Å²) in [5.74, 6) is 0.331. The van der Waals surface area contributed by atoms with E-state index in [0.29, 0.717) is 37.4 Å². The molecule has 0 aliphatic carbocycles. The average molecular weight is 545 g/mol. The molecular weight excluding hydrogens is 520 g/mol. The van der Waals surface area contributed by atoms with Crippen LogP contribution in [0, 0.1) is 0 Å². The van der Waals surface area contributed by atoms with E-state index in [2.05, 4.69) is 15.0 Å². The van der Waals surface area contributed by atoms with E-state index >= 15 is 0 Å².